The molecule has 0 saturated carbocycles. The number of pyridine rings is 1. The number of fused-ring (bicyclic) bond motifs is 1. The maximum Gasteiger partial charge on any atom is 0.247 e. The van der Waals surface area contributed by atoms with Crippen LogP contribution in [0.1, 0.15) is 43.9 Å². The molecule has 31 heavy (non-hydrogen) atoms. The van der Waals surface area contributed by atoms with Gasteiger partial charge in [0.15, 0.2) is 5.82 Å². The Labute approximate surface area is 183 Å². The first kappa shape index (κ1) is 22.4. The first-order chi connectivity index (χ1) is 14.4. The van der Waals surface area contributed by atoms with E-state index >= 15 is 0 Å². The van der Waals surface area contributed by atoms with E-state index in [1.165, 1.54) is 0 Å². The van der Waals surface area contributed by atoms with Crippen LogP contribution in [0.4, 0.5) is 11.5 Å². The second-order valence-electron chi connectivity index (χ2n) is 8.11. The number of hydrogen-bond donors (Lipinski definition) is 1. The minimum absolute atomic E-state index is 0. The van der Waals surface area contributed by atoms with E-state index < -0.39 is 0 Å². The summed E-state index contributed by atoms with van der Waals surface area (Å²) in [5, 5.41) is 7.46. The maximum atomic E-state index is 12.5. The fourth-order valence-corrected chi connectivity index (χ4v) is 3.94. The molecule has 4 heterocycles. The van der Waals surface area contributed by atoms with Crippen LogP contribution >= 0.6 is 0 Å². The normalized spacial score (nSPS) is 15.5. The lowest BCUT2D eigenvalue weighted by Crippen LogP contribution is -2.49. The first-order valence-electron chi connectivity index (χ1n) is 10.2. The molecule has 3 aromatic heterocycles. The zero-order valence-corrected chi connectivity index (χ0v) is 17.8. The molecule has 1 aliphatic heterocycles. The third kappa shape index (κ3) is 4.73. The van der Waals surface area contributed by atoms with Gasteiger partial charge in [0.2, 0.25) is 5.91 Å². The summed E-state index contributed by atoms with van der Waals surface area (Å²) in [5.74, 6) is 1.76. The summed E-state index contributed by atoms with van der Waals surface area (Å²) in [6.07, 6.45) is 9.06. The van der Waals surface area contributed by atoms with Gasteiger partial charge in [0.1, 0.15) is 17.6 Å². The summed E-state index contributed by atoms with van der Waals surface area (Å²) < 4.78 is 1.93. The Balaban J connectivity index is 0.00000272. The van der Waals surface area contributed by atoms with Crippen LogP contribution in [0, 0.1) is 12.8 Å². The number of nitrogens with one attached hydrogen (secondary N) is 1. The Kier molecular flexibility index (Phi) is 6.68. The van der Waals surface area contributed by atoms with Gasteiger partial charge < -0.3 is 10.2 Å². The van der Waals surface area contributed by atoms with E-state index in [2.05, 4.69) is 26.6 Å². The van der Waals surface area contributed by atoms with Crippen molar-refractivity contribution < 1.29 is 4.79 Å². The molecule has 8 heteroatoms. The number of aryl methyl sites for hydroxylation is 3. The molecule has 164 valence electrons. The van der Waals surface area contributed by atoms with E-state index in [0.29, 0.717) is 12.1 Å². The molecule has 8 nitrogen and oxygen atoms in total. The summed E-state index contributed by atoms with van der Waals surface area (Å²) >= 11 is 0. The van der Waals surface area contributed by atoms with Crippen molar-refractivity contribution in [3.8, 4) is 0 Å². The van der Waals surface area contributed by atoms with Crippen LogP contribution in [-0.2, 0) is 24.2 Å². The molecule has 0 radical (unpaired) electrons. The van der Waals surface area contributed by atoms with E-state index in [1.54, 1.807) is 12.4 Å². The van der Waals surface area contributed by atoms with Crippen LogP contribution in [0.25, 0.3) is 0 Å². The van der Waals surface area contributed by atoms with Crippen LogP contribution in [0.15, 0.2) is 36.9 Å². The van der Waals surface area contributed by atoms with Gasteiger partial charge in [0, 0.05) is 32.1 Å². The van der Waals surface area contributed by atoms with E-state index in [9.17, 15) is 4.79 Å². The average Bonchev–Trinajstić information content (AvgIpc) is 3.15. The zero-order chi connectivity index (χ0) is 21.3. The number of aromatic nitrogens is 5. The molecule has 1 atom stereocenters. The molecule has 1 amide bonds. The van der Waals surface area contributed by atoms with E-state index in [1.807, 2.05) is 55.7 Å². The lowest BCUT2D eigenvalue weighted by Gasteiger charge is -2.36. The fourth-order valence-electron chi connectivity index (χ4n) is 3.94. The molecule has 0 bridgehead atoms. The number of anilines is 2. The highest BCUT2D eigenvalue weighted by Crippen LogP contribution is 2.33. The number of likely N-dealkylation sites (N-methyl/N-ethyl adjacent to an activating group) is 1. The number of carbonyl (C=O) groups excluding carboxylic acids is 1. The van der Waals surface area contributed by atoms with Gasteiger partial charge in [-0.3, -0.25) is 14.5 Å². The fraction of sp³-hybridized carbons (Fsp3) is 0.435. The number of carbonyl (C=O) groups is 1. The van der Waals surface area contributed by atoms with Crippen molar-refractivity contribution in [2.45, 2.75) is 53.6 Å². The second kappa shape index (κ2) is 9.24. The first-order valence-corrected chi connectivity index (χ1v) is 10.2. The highest BCUT2D eigenvalue weighted by molar-refractivity contribution is 6.03. The number of hydrogen-bond acceptors (Lipinski definition) is 6. The monoisotopic (exact) mass is 421 g/mol. The van der Waals surface area contributed by atoms with E-state index in [4.69, 9.17) is 4.98 Å². The molecular weight excluding hydrogens is 390 g/mol. The summed E-state index contributed by atoms with van der Waals surface area (Å²) in [7, 11) is 1.93. The van der Waals surface area contributed by atoms with Crippen molar-refractivity contribution in [3.05, 3.63) is 59.6 Å². The Bertz CT molecular complexity index is 1050. The quantitative estimate of drug-likeness (QED) is 0.657. The highest BCUT2D eigenvalue weighted by Gasteiger charge is 2.35. The van der Waals surface area contributed by atoms with Crippen molar-refractivity contribution in [2.24, 2.45) is 5.92 Å². The van der Waals surface area contributed by atoms with Gasteiger partial charge in [0.25, 0.3) is 0 Å². The number of nitrogens with zero attached hydrogens (tertiary/aromatic N) is 6. The third-order valence-electron chi connectivity index (χ3n) is 5.43. The molecule has 0 aromatic carbocycles. The molecule has 0 aliphatic carbocycles. The Morgan fingerprint density at radius 2 is 1.87 bits per heavy atom. The highest BCUT2D eigenvalue weighted by atomic mass is 16.2. The standard InChI is InChI=1S/C22H27N7O.CH4/c1-14(2)20-22(30)27-19-15(3)25-18(26-21(19)28(20)4)6-5-17-11-24-29(13-17)12-16-7-9-23-10-8-16;/h7-11,13-14,20H,5-6,12H2,1-4H3,(H,27,30);1H4/t20-;/m0./s1. The molecule has 0 fully saturated rings. The lowest BCUT2D eigenvalue weighted by atomic mass is 9.99. The minimum Gasteiger partial charge on any atom is -0.346 e. The van der Waals surface area contributed by atoms with Gasteiger partial charge in [0.05, 0.1) is 18.4 Å². The summed E-state index contributed by atoms with van der Waals surface area (Å²) in [6.45, 7) is 6.73. The Hall–Kier alpha value is -3.29. The molecule has 1 aliphatic rings. The van der Waals surface area contributed by atoms with Crippen molar-refractivity contribution in [1.82, 2.24) is 24.7 Å². The van der Waals surface area contributed by atoms with Gasteiger partial charge in [-0.2, -0.15) is 5.10 Å². The van der Waals surface area contributed by atoms with Crippen molar-refractivity contribution >= 4 is 17.4 Å². The van der Waals surface area contributed by atoms with E-state index in [-0.39, 0.29) is 25.3 Å². The SMILES string of the molecule is C.Cc1nc(CCc2cnn(Cc3ccncc3)c2)nc2c1NC(=O)[C@H](C(C)C)N2C. The predicted octanol–water partition coefficient (Wildman–Crippen LogP) is 3.26. The molecule has 0 spiro atoms. The molecule has 3 aromatic rings. The van der Waals surface area contributed by atoms with Crippen molar-refractivity contribution in [1.29, 1.82) is 0 Å². The van der Waals surface area contributed by atoms with Gasteiger partial charge in [-0.25, -0.2) is 9.97 Å². The lowest BCUT2D eigenvalue weighted by molar-refractivity contribution is -0.118. The summed E-state index contributed by atoms with van der Waals surface area (Å²) in [6, 6.07) is 3.75. The van der Waals surface area contributed by atoms with Crippen molar-refractivity contribution in [3.63, 3.8) is 0 Å². The third-order valence-corrected chi connectivity index (χ3v) is 5.43. The van der Waals surface area contributed by atoms with Gasteiger partial charge in [-0.1, -0.05) is 21.3 Å². The van der Waals surface area contributed by atoms with Gasteiger partial charge in [-0.15, -0.1) is 0 Å². The van der Waals surface area contributed by atoms with Crippen LogP contribution in [0.5, 0.6) is 0 Å². The van der Waals surface area contributed by atoms with Crippen LogP contribution < -0.4 is 10.2 Å². The number of amides is 1. The molecule has 0 unspecified atom stereocenters. The average molecular weight is 422 g/mol. The van der Waals surface area contributed by atoms with Crippen LogP contribution in [-0.4, -0.2) is 43.7 Å². The summed E-state index contributed by atoms with van der Waals surface area (Å²) in [4.78, 5) is 27.9. The van der Waals surface area contributed by atoms with Crippen molar-refractivity contribution in [2.75, 3.05) is 17.3 Å². The summed E-state index contributed by atoms with van der Waals surface area (Å²) in [5.41, 5.74) is 3.82. The smallest absolute Gasteiger partial charge is 0.247 e. The van der Waals surface area contributed by atoms with Crippen LogP contribution in [0.2, 0.25) is 0 Å². The van der Waals surface area contributed by atoms with E-state index in [0.717, 1.165) is 41.4 Å². The van der Waals surface area contributed by atoms with Gasteiger partial charge >= 0.3 is 0 Å². The Morgan fingerprint density at radius 1 is 1.13 bits per heavy atom. The molecule has 0 saturated heterocycles. The van der Waals surface area contributed by atoms with Gasteiger partial charge in [-0.05, 0) is 42.5 Å². The molecule has 4 rings (SSSR count). The molecule has 1 N–H and O–H groups in total. The van der Waals surface area contributed by atoms with Crippen LogP contribution in [0.3, 0.4) is 0 Å². The maximum absolute atomic E-state index is 12.5. The minimum atomic E-state index is -0.230. The zero-order valence-electron chi connectivity index (χ0n) is 17.8. The molecular formula is C23H31N7O. The second-order valence-corrected chi connectivity index (χ2v) is 8.11. The largest absolute Gasteiger partial charge is 0.346 e. The number of rotatable bonds is 6. The topological polar surface area (TPSA) is 88.8 Å². The predicted molar refractivity (Wildman–Crippen MR) is 122 cm³/mol. The Morgan fingerprint density at radius 3 is 2.58 bits per heavy atom.